The van der Waals surface area contributed by atoms with Gasteiger partial charge in [-0.2, -0.15) is 0 Å². The molecule has 4 nitrogen and oxygen atoms in total. The summed E-state index contributed by atoms with van der Waals surface area (Å²) < 4.78 is 11.3. The summed E-state index contributed by atoms with van der Waals surface area (Å²) >= 11 is 3.94. The molecule has 140 valence electrons. The number of hydrogen-bond donors (Lipinski definition) is 0. The number of benzene rings is 1. The molecule has 5 rings (SSSR count). The third-order valence-corrected chi connectivity index (χ3v) is 7.40. The van der Waals surface area contributed by atoms with Crippen LogP contribution in [0.2, 0.25) is 0 Å². The summed E-state index contributed by atoms with van der Waals surface area (Å²) in [4.78, 5) is 24.7. The number of esters is 1. The van der Waals surface area contributed by atoms with Crippen LogP contribution in [0.25, 0.3) is 0 Å². The van der Waals surface area contributed by atoms with Crippen molar-refractivity contribution in [3.63, 3.8) is 0 Å². The highest BCUT2D eigenvalue weighted by Gasteiger charge is 2.60. The Hall–Kier alpha value is -1.36. The van der Waals surface area contributed by atoms with E-state index in [4.69, 9.17) is 9.47 Å². The molecular weight excluding hydrogens is 396 g/mol. The minimum Gasteiger partial charge on any atom is -0.496 e. The van der Waals surface area contributed by atoms with Crippen LogP contribution in [0.5, 0.6) is 5.75 Å². The number of hydrogen-bond acceptors (Lipinski definition) is 4. The first-order chi connectivity index (χ1) is 12.3. The standard InChI is InChI=1S/C21H25BrO4/c1-13(23)16-3-4-18(25-2)17(6-16)11-26-19(24)20-7-14-5-15(8-20)10-21(22,9-14)12-20/h3-4,6,14-15H,5,7-12H2,1-2H3/t14-,15+,20?,21?. The predicted octanol–water partition coefficient (Wildman–Crippen LogP) is 4.67. The Kier molecular flexibility index (Phi) is 4.41. The van der Waals surface area contributed by atoms with Crippen LogP contribution in [0.1, 0.15) is 61.4 Å². The summed E-state index contributed by atoms with van der Waals surface area (Å²) in [7, 11) is 1.59. The third kappa shape index (κ3) is 3.08. The summed E-state index contributed by atoms with van der Waals surface area (Å²) in [5.74, 6) is 1.83. The van der Waals surface area contributed by atoms with E-state index in [9.17, 15) is 9.59 Å². The van der Waals surface area contributed by atoms with Crippen LogP contribution < -0.4 is 4.74 Å². The first kappa shape index (κ1) is 18.0. The quantitative estimate of drug-likeness (QED) is 0.394. The van der Waals surface area contributed by atoms with E-state index in [-0.39, 0.29) is 28.1 Å². The first-order valence-electron chi connectivity index (χ1n) is 9.36. The summed E-state index contributed by atoms with van der Waals surface area (Å²) in [5.41, 5.74) is 1.01. The lowest BCUT2D eigenvalue weighted by atomic mass is 9.49. The summed E-state index contributed by atoms with van der Waals surface area (Å²) in [6.45, 7) is 1.68. The molecule has 0 saturated heterocycles. The molecule has 0 N–H and O–H groups in total. The molecule has 2 unspecified atom stereocenters. The summed E-state index contributed by atoms with van der Waals surface area (Å²) in [5, 5.41) is 0. The summed E-state index contributed by atoms with van der Waals surface area (Å²) in [6.07, 6.45) is 6.44. The number of ketones is 1. The van der Waals surface area contributed by atoms with E-state index in [0.29, 0.717) is 23.1 Å². The third-order valence-electron chi connectivity index (χ3n) is 6.47. The van der Waals surface area contributed by atoms with Gasteiger partial charge in [-0.15, -0.1) is 0 Å². The van der Waals surface area contributed by atoms with Crippen molar-refractivity contribution in [3.05, 3.63) is 29.3 Å². The molecule has 0 amide bonds. The number of ether oxygens (including phenoxy) is 2. The fraction of sp³-hybridized carbons (Fsp3) is 0.619. The molecule has 5 heteroatoms. The van der Waals surface area contributed by atoms with E-state index in [1.165, 1.54) is 26.2 Å². The lowest BCUT2D eigenvalue weighted by Crippen LogP contribution is -2.56. The molecule has 4 aliphatic carbocycles. The van der Waals surface area contributed by atoms with Gasteiger partial charge < -0.3 is 9.47 Å². The van der Waals surface area contributed by atoms with Crippen molar-refractivity contribution in [1.82, 2.24) is 0 Å². The van der Waals surface area contributed by atoms with Crippen molar-refractivity contribution >= 4 is 27.7 Å². The Balaban J connectivity index is 1.51. The maximum absolute atomic E-state index is 13.1. The van der Waals surface area contributed by atoms with Crippen molar-refractivity contribution in [1.29, 1.82) is 0 Å². The average molecular weight is 421 g/mol. The van der Waals surface area contributed by atoms with Crippen LogP contribution in [0, 0.1) is 17.3 Å². The highest BCUT2D eigenvalue weighted by Crippen LogP contribution is 2.64. The lowest BCUT2D eigenvalue weighted by Gasteiger charge is -2.58. The van der Waals surface area contributed by atoms with Crippen molar-refractivity contribution in [2.75, 3.05) is 7.11 Å². The number of Topliss-reactive ketones (excluding diaryl/α,β-unsaturated/α-hetero) is 1. The molecule has 1 aromatic rings. The number of alkyl halides is 1. The molecule has 0 aromatic heterocycles. The molecule has 4 saturated carbocycles. The van der Waals surface area contributed by atoms with Gasteiger partial charge in [-0.1, -0.05) is 15.9 Å². The highest BCUT2D eigenvalue weighted by molar-refractivity contribution is 9.10. The van der Waals surface area contributed by atoms with Gasteiger partial charge in [0.1, 0.15) is 12.4 Å². The van der Waals surface area contributed by atoms with E-state index >= 15 is 0 Å². The minimum absolute atomic E-state index is 0.0115. The van der Waals surface area contributed by atoms with Crippen LogP contribution in [0.3, 0.4) is 0 Å². The summed E-state index contributed by atoms with van der Waals surface area (Å²) in [6, 6.07) is 5.26. The van der Waals surface area contributed by atoms with Gasteiger partial charge in [0.25, 0.3) is 0 Å². The van der Waals surface area contributed by atoms with E-state index in [1.54, 1.807) is 25.3 Å². The zero-order chi connectivity index (χ0) is 18.5. The number of carbonyl (C=O) groups excluding carboxylic acids is 2. The van der Waals surface area contributed by atoms with Crippen LogP contribution in [-0.4, -0.2) is 23.2 Å². The SMILES string of the molecule is COc1ccc(C(C)=O)cc1COC(=O)C12C[C@@H]3C[C@@H](CC(Br)(C3)C1)C2. The van der Waals surface area contributed by atoms with Crippen LogP contribution in [-0.2, 0) is 16.1 Å². The Labute approximate surface area is 162 Å². The number of carbonyl (C=O) groups is 2. The van der Waals surface area contributed by atoms with Crippen LogP contribution in [0.15, 0.2) is 18.2 Å². The molecular formula is C21H25BrO4. The Bertz CT molecular complexity index is 742. The van der Waals surface area contributed by atoms with E-state index < -0.39 is 0 Å². The molecule has 1 aromatic carbocycles. The van der Waals surface area contributed by atoms with Gasteiger partial charge in [0.2, 0.25) is 0 Å². The van der Waals surface area contributed by atoms with Gasteiger partial charge in [0.15, 0.2) is 5.78 Å². The average Bonchev–Trinajstić information content (AvgIpc) is 2.57. The molecule has 0 spiro atoms. The first-order valence-corrected chi connectivity index (χ1v) is 10.2. The zero-order valence-corrected chi connectivity index (χ0v) is 16.9. The molecule has 26 heavy (non-hydrogen) atoms. The van der Waals surface area contributed by atoms with Gasteiger partial charge >= 0.3 is 5.97 Å². The number of halogens is 1. The molecule has 0 radical (unpaired) electrons. The number of methoxy groups -OCH3 is 1. The second-order valence-corrected chi connectivity index (χ2v) is 10.2. The van der Waals surface area contributed by atoms with Crippen molar-refractivity contribution in [2.45, 2.75) is 56.4 Å². The maximum atomic E-state index is 13.1. The Morgan fingerprint density at radius 3 is 2.46 bits per heavy atom. The Morgan fingerprint density at radius 1 is 1.19 bits per heavy atom. The van der Waals surface area contributed by atoms with Gasteiger partial charge in [-0.25, -0.2) is 0 Å². The normalized spacial score (nSPS) is 34.6. The fourth-order valence-corrected chi connectivity index (χ4v) is 7.25. The molecule has 4 aliphatic rings. The predicted molar refractivity (Wildman–Crippen MR) is 102 cm³/mol. The highest BCUT2D eigenvalue weighted by atomic mass is 79.9. The monoisotopic (exact) mass is 420 g/mol. The van der Waals surface area contributed by atoms with E-state index in [2.05, 4.69) is 15.9 Å². The Morgan fingerprint density at radius 2 is 1.88 bits per heavy atom. The van der Waals surface area contributed by atoms with Crippen LogP contribution in [0.4, 0.5) is 0 Å². The number of rotatable bonds is 5. The fourth-order valence-electron chi connectivity index (χ4n) is 5.80. The van der Waals surface area contributed by atoms with Crippen molar-refractivity contribution in [2.24, 2.45) is 17.3 Å². The maximum Gasteiger partial charge on any atom is 0.312 e. The molecule has 4 fully saturated rings. The van der Waals surface area contributed by atoms with Crippen LogP contribution >= 0.6 is 15.9 Å². The van der Waals surface area contributed by atoms with Crippen molar-refractivity contribution < 1.29 is 19.1 Å². The largest absolute Gasteiger partial charge is 0.496 e. The minimum atomic E-state index is -0.334. The van der Waals surface area contributed by atoms with Gasteiger partial charge in [-0.05, 0) is 75.5 Å². The topological polar surface area (TPSA) is 52.6 Å². The molecule has 0 heterocycles. The smallest absolute Gasteiger partial charge is 0.312 e. The zero-order valence-electron chi connectivity index (χ0n) is 15.3. The van der Waals surface area contributed by atoms with Crippen molar-refractivity contribution in [3.8, 4) is 5.75 Å². The van der Waals surface area contributed by atoms with Gasteiger partial charge in [0, 0.05) is 15.5 Å². The second kappa shape index (κ2) is 6.36. The van der Waals surface area contributed by atoms with Gasteiger partial charge in [-0.3, -0.25) is 9.59 Å². The molecule has 4 atom stereocenters. The van der Waals surface area contributed by atoms with E-state index in [0.717, 1.165) is 24.8 Å². The molecule has 4 bridgehead atoms. The van der Waals surface area contributed by atoms with E-state index in [1.807, 2.05) is 0 Å². The van der Waals surface area contributed by atoms with Gasteiger partial charge in [0.05, 0.1) is 12.5 Å². The molecule has 0 aliphatic heterocycles. The lowest BCUT2D eigenvalue weighted by molar-refractivity contribution is -0.170. The second-order valence-electron chi connectivity index (χ2n) is 8.55.